The molecule has 0 aliphatic heterocycles. The van der Waals surface area contributed by atoms with Crippen molar-refractivity contribution in [3.05, 3.63) is 51.1 Å². The molecule has 0 aliphatic rings. The second-order valence-electron chi connectivity index (χ2n) is 7.63. The maximum atomic E-state index is 12.1. The number of hydrogen-bond donors (Lipinski definition) is 1. The van der Waals surface area contributed by atoms with Crippen LogP contribution in [0.15, 0.2) is 32.6 Å². The zero-order valence-corrected chi connectivity index (χ0v) is 18.0. The number of amides is 1. The fourth-order valence-electron chi connectivity index (χ4n) is 3.18. The van der Waals surface area contributed by atoms with Gasteiger partial charge in [-0.25, -0.2) is 4.79 Å². The Kier molecular flexibility index (Phi) is 6.42. The van der Waals surface area contributed by atoms with Crippen LogP contribution in [0.1, 0.15) is 42.8 Å². The number of fused-ring (bicyclic) bond motifs is 1. The Hall–Kier alpha value is -2.61. The van der Waals surface area contributed by atoms with Crippen LogP contribution < -0.4 is 11.4 Å². The van der Waals surface area contributed by atoms with E-state index < -0.39 is 0 Å². The summed E-state index contributed by atoms with van der Waals surface area (Å²) < 4.78 is 7.50. The summed E-state index contributed by atoms with van der Waals surface area (Å²) in [5.74, 6) is 1.36. The Morgan fingerprint density at radius 2 is 2.03 bits per heavy atom. The number of primary amides is 1. The third-order valence-corrected chi connectivity index (χ3v) is 5.83. The number of carbonyl (C=O) groups is 1. The van der Waals surface area contributed by atoms with E-state index in [2.05, 4.69) is 24.0 Å². The van der Waals surface area contributed by atoms with E-state index in [1.807, 2.05) is 30.5 Å². The molecule has 0 aliphatic carbocycles. The Labute approximate surface area is 173 Å². The largest absolute Gasteiger partial charge is 0.422 e. The molecule has 3 aromatic rings. The number of rotatable bonds is 8. The average molecular weight is 415 g/mol. The summed E-state index contributed by atoms with van der Waals surface area (Å²) in [4.78, 5) is 23.2. The number of hydrogen-bond acceptors (Lipinski definition) is 6. The molecule has 1 amide bonds. The van der Waals surface area contributed by atoms with Gasteiger partial charge in [0.25, 0.3) is 0 Å². The van der Waals surface area contributed by atoms with Gasteiger partial charge in [0.15, 0.2) is 5.16 Å². The molecule has 0 fully saturated rings. The van der Waals surface area contributed by atoms with E-state index >= 15 is 0 Å². The molecular weight excluding hydrogens is 388 g/mol. The predicted octanol–water partition coefficient (Wildman–Crippen LogP) is 3.37. The molecule has 0 spiro atoms. The highest BCUT2D eigenvalue weighted by Gasteiger charge is 2.16. The average Bonchev–Trinajstić information content (AvgIpc) is 3.02. The molecule has 7 nitrogen and oxygen atoms in total. The Balaban J connectivity index is 1.91. The van der Waals surface area contributed by atoms with Crippen LogP contribution in [0, 0.1) is 19.8 Å². The summed E-state index contributed by atoms with van der Waals surface area (Å²) in [7, 11) is 0. The van der Waals surface area contributed by atoms with Crippen LogP contribution in [0.5, 0.6) is 0 Å². The third-order valence-electron chi connectivity index (χ3n) is 4.81. The minimum atomic E-state index is -0.355. The highest BCUT2D eigenvalue weighted by atomic mass is 32.2. The van der Waals surface area contributed by atoms with E-state index in [9.17, 15) is 9.59 Å². The van der Waals surface area contributed by atoms with E-state index in [0.717, 1.165) is 39.6 Å². The summed E-state index contributed by atoms with van der Waals surface area (Å²) in [6, 6.07) is 5.57. The molecule has 2 heterocycles. The smallest absolute Gasteiger partial charge is 0.336 e. The van der Waals surface area contributed by atoms with Gasteiger partial charge in [0, 0.05) is 36.6 Å². The van der Waals surface area contributed by atoms with Gasteiger partial charge in [0.2, 0.25) is 5.91 Å². The van der Waals surface area contributed by atoms with Crippen molar-refractivity contribution in [3.8, 4) is 0 Å². The highest BCUT2D eigenvalue weighted by Crippen LogP contribution is 2.29. The summed E-state index contributed by atoms with van der Waals surface area (Å²) in [5.41, 5.74) is 8.53. The van der Waals surface area contributed by atoms with Gasteiger partial charge in [-0.3, -0.25) is 4.79 Å². The zero-order valence-electron chi connectivity index (χ0n) is 17.2. The number of thioether (sulfide) groups is 1. The molecule has 2 N–H and O–H groups in total. The van der Waals surface area contributed by atoms with Crippen molar-refractivity contribution in [2.75, 3.05) is 0 Å². The molecule has 154 valence electrons. The van der Waals surface area contributed by atoms with Crippen molar-refractivity contribution < 1.29 is 9.21 Å². The Bertz CT molecular complexity index is 1100. The second kappa shape index (κ2) is 8.82. The van der Waals surface area contributed by atoms with Crippen LogP contribution in [0.3, 0.4) is 0 Å². The van der Waals surface area contributed by atoms with Crippen molar-refractivity contribution >= 4 is 28.6 Å². The molecule has 0 saturated heterocycles. The van der Waals surface area contributed by atoms with E-state index in [4.69, 9.17) is 10.2 Å². The van der Waals surface area contributed by atoms with Crippen molar-refractivity contribution in [1.29, 1.82) is 0 Å². The van der Waals surface area contributed by atoms with Gasteiger partial charge in [-0.1, -0.05) is 37.7 Å². The van der Waals surface area contributed by atoms with Crippen LogP contribution in [0.2, 0.25) is 0 Å². The first-order chi connectivity index (χ1) is 13.8. The van der Waals surface area contributed by atoms with Crippen LogP contribution in [-0.2, 0) is 23.5 Å². The van der Waals surface area contributed by atoms with Gasteiger partial charge < -0.3 is 14.7 Å². The van der Waals surface area contributed by atoms with E-state index in [1.165, 1.54) is 11.8 Å². The van der Waals surface area contributed by atoms with Gasteiger partial charge in [-0.05, 0) is 36.5 Å². The monoisotopic (exact) mass is 414 g/mol. The normalized spacial score (nSPS) is 11.5. The second-order valence-corrected chi connectivity index (χ2v) is 8.58. The number of carbonyl (C=O) groups excluding carboxylic acids is 1. The summed E-state index contributed by atoms with van der Waals surface area (Å²) in [5, 5.41) is 10.3. The lowest BCUT2D eigenvalue weighted by atomic mass is 10.0. The number of aromatic nitrogens is 3. The first-order valence-corrected chi connectivity index (χ1v) is 10.6. The Morgan fingerprint density at radius 3 is 2.72 bits per heavy atom. The van der Waals surface area contributed by atoms with Gasteiger partial charge in [0.05, 0.1) is 0 Å². The van der Waals surface area contributed by atoms with Crippen molar-refractivity contribution in [2.24, 2.45) is 11.7 Å². The Morgan fingerprint density at radius 1 is 1.28 bits per heavy atom. The van der Waals surface area contributed by atoms with Gasteiger partial charge in [-0.2, -0.15) is 0 Å². The van der Waals surface area contributed by atoms with Gasteiger partial charge in [-0.15, -0.1) is 10.2 Å². The lowest BCUT2D eigenvalue weighted by molar-refractivity contribution is -0.118. The van der Waals surface area contributed by atoms with Crippen LogP contribution in [0.25, 0.3) is 11.0 Å². The molecular formula is C21H26N4O3S. The first-order valence-electron chi connectivity index (χ1n) is 9.62. The molecule has 1 aromatic carbocycles. The number of benzene rings is 1. The van der Waals surface area contributed by atoms with E-state index in [1.54, 1.807) is 6.07 Å². The van der Waals surface area contributed by atoms with Gasteiger partial charge >= 0.3 is 5.63 Å². The lowest BCUT2D eigenvalue weighted by Gasteiger charge is -2.13. The third kappa shape index (κ3) is 4.87. The SMILES string of the molecule is Cc1ccc2c(CSc3nnc(CCC(N)=O)n3CC(C)C)cc(=O)oc2c1C. The molecule has 29 heavy (non-hydrogen) atoms. The van der Waals surface area contributed by atoms with E-state index in [0.29, 0.717) is 23.7 Å². The predicted molar refractivity (Wildman–Crippen MR) is 114 cm³/mol. The topological polar surface area (TPSA) is 104 Å². The molecule has 0 saturated carbocycles. The molecule has 0 atom stereocenters. The summed E-state index contributed by atoms with van der Waals surface area (Å²) in [6.45, 7) is 8.94. The quantitative estimate of drug-likeness (QED) is 0.448. The molecule has 0 bridgehead atoms. The zero-order chi connectivity index (χ0) is 21.1. The summed E-state index contributed by atoms with van der Waals surface area (Å²) in [6.07, 6.45) is 0.704. The molecule has 3 rings (SSSR count). The fourth-order valence-corrected chi connectivity index (χ4v) is 4.14. The van der Waals surface area contributed by atoms with Crippen molar-refractivity contribution in [3.63, 3.8) is 0 Å². The van der Waals surface area contributed by atoms with Gasteiger partial charge in [0.1, 0.15) is 11.4 Å². The standard InChI is InChI=1S/C21H26N4O3S/c1-12(2)10-25-18(8-7-17(22)26)23-24-21(25)29-11-15-9-19(27)28-20-14(4)13(3)5-6-16(15)20/h5-6,9,12H,7-8,10-11H2,1-4H3,(H2,22,26). The van der Waals surface area contributed by atoms with Crippen molar-refractivity contribution in [2.45, 2.75) is 58.0 Å². The van der Waals surface area contributed by atoms with Crippen molar-refractivity contribution in [1.82, 2.24) is 14.8 Å². The lowest BCUT2D eigenvalue weighted by Crippen LogP contribution is -2.15. The molecule has 2 aromatic heterocycles. The maximum Gasteiger partial charge on any atom is 0.336 e. The van der Waals surface area contributed by atoms with Crippen LogP contribution in [0.4, 0.5) is 0 Å². The van der Waals surface area contributed by atoms with Crippen LogP contribution in [-0.4, -0.2) is 20.7 Å². The molecule has 0 radical (unpaired) electrons. The number of nitrogens with two attached hydrogens (primary N) is 1. The first kappa shape index (κ1) is 21.1. The maximum absolute atomic E-state index is 12.1. The number of aryl methyl sites for hydroxylation is 3. The molecule has 0 unspecified atom stereocenters. The van der Waals surface area contributed by atoms with Crippen LogP contribution >= 0.6 is 11.8 Å². The molecule has 8 heteroatoms. The summed E-state index contributed by atoms with van der Waals surface area (Å²) >= 11 is 1.52. The number of nitrogens with zero attached hydrogens (tertiary/aromatic N) is 3. The minimum absolute atomic E-state index is 0.240. The highest BCUT2D eigenvalue weighted by molar-refractivity contribution is 7.98. The fraction of sp³-hybridized carbons (Fsp3) is 0.429. The van der Waals surface area contributed by atoms with E-state index in [-0.39, 0.29) is 18.0 Å². The minimum Gasteiger partial charge on any atom is -0.422 e.